The lowest BCUT2D eigenvalue weighted by molar-refractivity contribution is 0.482. The molecule has 12 rings (SSSR count). The van der Waals surface area contributed by atoms with Gasteiger partial charge in [0.25, 0.3) is 0 Å². The van der Waals surface area contributed by atoms with Crippen LogP contribution in [0.5, 0.6) is 11.5 Å². The molecule has 268 valence electrons. The van der Waals surface area contributed by atoms with Crippen molar-refractivity contribution >= 4 is 49.3 Å². The molecule has 5 heterocycles. The summed E-state index contributed by atoms with van der Waals surface area (Å²) in [6, 6.07) is 62.7. The molecule has 0 N–H and O–H groups in total. The standard InChI is InChI=1S/C52H34N4O/c1-33-14-8-9-19-38(33)46-32-55-47-24-11-10-20-40(47)39-27-25-36(30-43(39)51(55)54-46)57-37-26-28-44-48(31-37)56-49-41(42-22-13-29-53-50(42)56)21-12-23-45(49)52(44,34-15-4-2-5-16-34)35-17-6-3-7-18-35/h2-32H,1H3. The van der Waals surface area contributed by atoms with Crippen molar-refractivity contribution in [2.24, 2.45) is 0 Å². The largest absolute Gasteiger partial charge is 0.457 e. The number of nitrogens with zero attached hydrogens (tertiary/aromatic N) is 4. The highest BCUT2D eigenvalue weighted by Gasteiger charge is 2.45. The van der Waals surface area contributed by atoms with Crippen molar-refractivity contribution in [3.8, 4) is 28.4 Å². The van der Waals surface area contributed by atoms with Crippen LogP contribution in [-0.4, -0.2) is 18.9 Å². The normalized spacial score (nSPS) is 13.1. The van der Waals surface area contributed by atoms with Crippen molar-refractivity contribution in [2.75, 3.05) is 0 Å². The lowest BCUT2D eigenvalue weighted by Crippen LogP contribution is -2.35. The monoisotopic (exact) mass is 730 g/mol. The first-order valence-corrected chi connectivity index (χ1v) is 19.4. The molecule has 0 atom stereocenters. The van der Waals surface area contributed by atoms with Crippen LogP contribution in [-0.2, 0) is 5.41 Å². The maximum Gasteiger partial charge on any atom is 0.146 e. The summed E-state index contributed by atoms with van der Waals surface area (Å²) in [6.45, 7) is 2.14. The minimum absolute atomic E-state index is 0.592. The number of pyridine rings is 2. The maximum absolute atomic E-state index is 6.91. The second-order valence-corrected chi connectivity index (χ2v) is 15.0. The van der Waals surface area contributed by atoms with Crippen LogP contribution in [0.2, 0.25) is 0 Å². The third-order valence-electron chi connectivity index (χ3n) is 12.0. The van der Waals surface area contributed by atoms with Gasteiger partial charge in [-0.1, -0.05) is 127 Å². The number of rotatable bonds is 5. The third-order valence-corrected chi connectivity index (χ3v) is 12.0. The Morgan fingerprint density at radius 1 is 0.526 bits per heavy atom. The minimum atomic E-state index is -0.592. The number of imidazole rings is 1. The zero-order valence-electron chi connectivity index (χ0n) is 31.1. The van der Waals surface area contributed by atoms with Crippen molar-refractivity contribution in [1.29, 1.82) is 0 Å². The van der Waals surface area contributed by atoms with E-state index in [4.69, 9.17) is 14.7 Å². The number of aromatic nitrogens is 4. The van der Waals surface area contributed by atoms with E-state index in [9.17, 15) is 0 Å². The van der Waals surface area contributed by atoms with E-state index in [0.29, 0.717) is 0 Å². The van der Waals surface area contributed by atoms with Gasteiger partial charge in [0.1, 0.15) is 22.8 Å². The molecule has 0 unspecified atom stereocenters. The van der Waals surface area contributed by atoms with Gasteiger partial charge in [-0.3, -0.25) is 8.97 Å². The Morgan fingerprint density at radius 3 is 2.05 bits per heavy atom. The Balaban J connectivity index is 1.09. The molecule has 4 aromatic heterocycles. The van der Waals surface area contributed by atoms with Crippen LogP contribution in [0.4, 0.5) is 0 Å². The van der Waals surface area contributed by atoms with Crippen LogP contribution in [0.25, 0.3) is 66.2 Å². The quantitative estimate of drug-likeness (QED) is 0.166. The van der Waals surface area contributed by atoms with Crippen LogP contribution in [0.15, 0.2) is 188 Å². The van der Waals surface area contributed by atoms with Gasteiger partial charge < -0.3 is 4.74 Å². The molecule has 1 aliphatic rings. The molecule has 0 fully saturated rings. The van der Waals surface area contributed by atoms with Crippen molar-refractivity contribution in [3.05, 3.63) is 216 Å². The van der Waals surface area contributed by atoms with E-state index in [0.717, 1.165) is 66.9 Å². The number of hydrogen-bond donors (Lipinski definition) is 0. The van der Waals surface area contributed by atoms with E-state index in [-0.39, 0.29) is 0 Å². The van der Waals surface area contributed by atoms with E-state index in [1.54, 1.807) is 0 Å². The molecule has 1 aliphatic heterocycles. The highest BCUT2D eigenvalue weighted by molar-refractivity contribution is 6.13. The predicted molar refractivity (Wildman–Crippen MR) is 231 cm³/mol. The average Bonchev–Trinajstić information content (AvgIpc) is 3.87. The number of ether oxygens (including phenoxy) is 1. The number of aryl methyl sites for hydroxylation is 1. The van der Waals surface area contributed by atoms with E-state index in [1.165, 1.54) is 38.6 Å². The Bertz CT molecular complexity index is 3360. The number of para-hydroxylation sites is 2. The molecule has 0 spiro atoms. The van der Waals surface area contributed by atoms with Gasteiger partial charge in [-0.25, -0.2) is 9.97 Å². The summed E-state index contributed by atoms with van der Waals surface area (Å²) in [5, 5.41) is 5.64. The van der Waals surface area contributed by atoms with Crippen LogP contribution in [0.3, 0.4) is 0 Å². The second-order valence-electron chi connectivity index (χ2n) is 15.0. The molecule has 0 bridgehead atoms. The topological polar surface area (TPSA) is 44.4 Å². The fraction of sp³-hybridized carbons (Fsp3) is 0.0385. The van der Waals surface area contributed by atoms with Gasteiger partial charge in [-0.15, -0.1) is 0 Å². The summed E-state index contributed by atoms with van der Waals surface area (Å²) in [5.41, 5.74) is 12.6. The smallest absolute Gasteiger partial charge is 0.146 e. The first-order chi connectivity index (χ1) is 28.2. The second kappa shape index (κ2) is 12.0. The van der Waals surface area contributed by atoms with E-state index in [1.807, 2.05) is 12.3 Å². The molecular weight excluding hydrogens is 697 g/mol. The van der Waals surface area contributed by atoms with Crippen LogP contribution in [0.1, 0.15) is 27.8 Å². The number of hydrogen-bond acceptors (Lipinski definition) is 3. The minimum Gasteiger partial charge on any atom is -0.457 e. The van der Waals surface area contributed by atoms with Crippen molar-refractivity contribution in [3.63, 3.8) is 0 Å². The van der Waals surface area contributed by atoms with E-state index < -0.39 is 5.41 Å². The third kappa shape index (κ3) is 4.45. The lowest BCUT2D eigenvalue weighted by Gasteiger charge is -2.41. The summed E-state index contributed by atoms with van der Waals surface area (Å²) < 4.78 is 11.5. The molecule has 0 saturated heterocycles. The molecule has 5 heteroatoms. The maximum atomic E-state index is 6.91. The van der Waals surface area contributed by atoms with Gasteiger partial charge in [0, 0.05) is 45.6 Å². The molecule has 5 nitrogen and oxygen atoms in total. The Kier molecular flexibility index (Phi) is 6.70. The Hall–Kier alpha value is -7.50. The summed E-state index contributed by atoms with van der Waals surface area (Å²) in [6.07, 6.45) is 4.05. The fourth-order valence-electron chi connectivity index (χ4n) is 9.62. The predicted octanol–water partition coefficient (Wildman–Crippen LogP) is 12.6. The molecular formula is C52H34N4O. The highest BCUT2D eigenvalue weighted by Crippen LogP contribution is 2.54. The molecule has 7 aromatic carbocycles. The first-order valence-electron chi connectivity index (χ1n) is 19.4. The SMILES string of the molecule is Cc1ccccc1-c1cn2c3ccccc3c3ccc(Oc4ccc5c(c4)-n4c6ncccc6c6cccc(c64)C5(c4ccccc4)c4ccccc4)cc3c2n1. The summed E-state index contributed by atoms with van der Waals surface area (Å²) in [7, 11) is 0. The molecule has 0 saturated carbocycles. The Labute approximate surface area is 328 Å². The van der Waals surface area contributed by atoms with Crippen LogP contribution in [0, 0.1) is 6.92 Å². The molecule has 0 aliphatic carbocycles. The van der Waals surface area contributed by atoms with Gasteiger partial charge in [-0.2, -0.15) is 0 Å². The molecule has 0 radical (unpaired) electrons. The van der Waals surface area contributed by atoms with Gasteiger partial charge >= 0.3 is 0 Å². The van der Waals surface area contributed by atoms with Crippen LogP contribution < -0.4 is 4.74 Å². The molecule has 57 heavy (non-hydrogen) atoms. The lowest BCUT2D eigenvalue weighted by atomic mass is 9.63. The number of fused-ring (bicyclic) bond motifs is 11. The van der Waals surface area contributed by atoms with Crippen molar-refractivity contribution in [2.45, 2.75) is 12.3 Å². The summed E-state index contributed by atoms with van der Waals surface area (Å²) in [4.78, 5) is 10.3. The van der Waals surface area contributed by atoms with Gasteiger partial charge in [0.2, 0.25) is 0 Å². The van der Waals surface area contributed by atoms with E-state index >= 15 is 0 Å². The molecule has 11 aromatic rings. The van der Waals surface area contributed by atoms with Gasteiger partial charge in [-0.05, 0) is 82.6 Å². The summed E-state index contributed by atoms with van der Waals surface area (Å²) >= 11 is 0. The van der Waals surface area contributed by atoms with Crippen molar-refractivity contribution < 1.29 is 4.74 Å². The van der Waals surface area contributed by atoms with Crippen molar-refractivity contribution in [1.82, 2.24) is 18.9 Å². The zero-order valence-corrected chi connectivity index (χ0v) is 31.1. The zero-order chi connectivity index (χ0) is 37.7. The summed E-state index contributed by atoms with van der Waals surface area (Å²) in [5.74, 6) is 1.49. The first kappa shape index (κ1) is 31.8. The van der Waals surface area contributed by atoms with Crippen LogP contribution >= 0.6 is 0 Å². The van der Waals surface area contributed by atoms with Gasteiger partial charge in [0.05, 0.1) is 27.8 Å². The number of benzene rings is 7. The Morgan fingerprint density at radius 2 is 1.23 bits per heavy atom. The fourth-order valence-corrected chi connectivity index (χ4v) is 9.62. The van der Waals surface area contributed by atoms with Gasteiger partial charge in [0.15, 0.2) is 0 Å². The average molecular weight is 731 g/mol. The highest BCUT2D eigenvalue weighted by atomic mass is 16.5. The molecule has 0 amide bonds. The van der Waals surface area contributed by atoms with E-state index in [2.05, 4.69) is 192 Å².